The average molecular weight is 356 g/mol. The van der Waals surface area contributed by atoms with Crippen molar-refractivity contribution >= 4 is 39.7 Å². The molecular weight excluding hydrogens is 340 g/mol. The molecule has 1 heterocycles. The van der Waals surface area contributed by atoms with Gasteiger partial charge in [-0.25, -0.2) is 9.97 Å². The van der Waals surface area contributed by atoms with Gasteiger partial charge in [0.2, 0.25) is 0 Å². The summed E-state index contributed by atoms with van der Waals surface area (Å²) in [6, 6.07) is 27.6. The second-order valence-electron chi connectivity index (χ2n) is 5.72. The topological polar surface area (TPSA) is 49.8 Å². The van der Waals surface area contributed by atoms with Crippen molar-refractivity contribution in [3.63, 3.8) is 0 Å². The van der Waals surface area contributed by atoms with Crippen molar-refractivity contribution in [2.75, 3.05) is 10.6 Å². The summed E-state index contributed by atoms with van der Waals surface area (Å²) in [5.74, 6) is 1.34. The molecule has 4 aromatic rings. The molecule has 126 valence electrons. The number of aromatic nitrogens is 2. The fourth-order valence-electron chi connectivity index (χ4n) is 2.68. The van der Waals surface area contributed by atoms with Crippen LogP contribution in [0.4, 0.5) is 11.5 Å². The van der Waals surface area contributed by atoms with Gasteiger partial charge in [-0.1, -0.05) is 60.7 Å². The van der Waals surface area contributed by atoms with Gasteiger partial charge in [0.15, 0.2) is 10.9 Å². The van der Waals surface area contributed by atoms with Gasteiger partial charge < -0.3 is 10.6 Å². The average Bonchev–Trinajstić information content (AvgIpc) is 2.69. The molecule has 0 spiro atoms. The molecule has 0 bridgehead atoms. The van der Waals surface area contributed by atoms with Gasteiger partial charge in [-0.3, -0.25) is 0 Å². The van der Waals surface area contributed by atoms with Crippen LogP contribution in [0, 0.1) is 0 Å². The Morgan fingerprint density at radius 3 is 2.12 bits per heavy atom. The first-order valence-electron chi connectivity index (χ1n) is 8.25. The van der Waals surface area contributed by atoms with E-state index in [1.807, 2.05) is 84.9 Å². The lowest BCUT2D eigenvalue weighted by molar-refractivity contribution is 1.23. The zero-order chi connectivity index (χ0) is 17.8. The van der Waals surface area contributed by atoms with Crippen LogP contribution in [0.15, 0.2) is 84.9 Å². The highest BCUT2D eigenvalue weighted by atomic mass is 32.1. The second-order valence-corrected chi connectivity index (χ2v) is 6.13. The zero-order valence-electron chi connectivity index (χ0n) is 13.9. The van der Waals surface area contributed by atoms with Crippen molar-refractivity contribution < 1.29 is 0 Å². The highest BCUT2D eigenvalue weighted by molar-refractivity contribution is 7.80. The van der Waals surface area contributed by atoms with Gasteiger partial charge in [0.05, 0.1) is 5.52 Å². The van der Waals surface area contributed by atoms with E-state index in [1.54, 1.807) is 0 Å². The summed E-state index contributed by atoms with van der Waals surface area (Å²) in [6.07, 6.45) is 0. The Labute approximate surface area is 156 Å². The number of benzene rings is 3. The van der Waals surface area contributed by atoms with Crippen LogP contribution >= 0.6 is 12.2 Å². The lowest BCUT2D eigenvalue weighted by atomic mass is 10.2. The van der Waals surface area contributed by atoms with Crippen molar-refractivity contribution in [3.8, 4) is 11.4 Å². The van der Waals surface area contributed by atoms with Crippen LogP contribution < -0.4 is 10.6 Å². The van der Waals surface area contributed by atoms with Gasteiger partial charge >= 0.3 is 0 Å². The van der Waals surface area contributed by atoms with E-state index in [1.165, 1.54) is 0 Å². The third-order valence-electron chi connectivity index (χ3n) is 3.90. The number of nitrogens with one attached hydrogen (secondary N) is 2. The third-order valence-corrected chi connectivity index (χ3v) is 4.10. The second kappa shape index (κ2) is 7.29. The summed E-state index contributed by atoms with van der Waals surface area (Å²) >= 11 is 5.46. The molecule has 3 aromatic carbocycles. The van der Waals surface area contributed by atoms with Gasteiger partial charge in [0.1, 0.15) is 5.82 Å². The smallest absolute Gasteiger partial charge is 0.176 e. The molecule has 0 atom stereocenters. The number of fused-ring (bicyclic) bond motifs is 1. The molecule has 0 radical (unpaired) electrons. The fourth-order valence-corrected chi connectivity index (χ4v) is 2.89. The Kier molecular flexibility index (Phi) is 4.53. The van der Waals surface area contributed by atoms with Crippen molar-refractivity contribution in [3.05, 3.63) is 84.9 Å². The van der Waals surface area contributed by atoms with Crippen LogP contribution in [0.25, 0.3) is 22.3 Å². The standard InChI is InChI=1S/C21H16N4S/c26-21(22-16-11-5-2-6-12-16)25-20-17-13-7-8-14-18(17)23-19(24-20)15-9-3-1-4-10-15/h1-14H,(H2,22,23,24,25,26). The minimum absolute atomic E-state index is 0.485. The maximum absolute atomic E-state index is 5.46. The van der Waals surface area contributed by atoms with E-state index in [2.05, 4.69) is 15.6 Å². The molecule has 0 amide bonds. The highest BCUT2D eigenvalue weighted by Gasteiger charge is 2.10. The Morgan fingerprint density at radius 1 is 0.692 bits per heavy atom. The number of hydrogen-bond acceptors (Lipinski definition) is 3. The van der Waals surface area contributed by atoms with E-state index in [0.29, 0.717) is 16.8 Å². The van der Waals surface area contributed by atoms with E-state index in [4.69, 9.17) is 17.2 Å². The van der Waals surface area contributed by atoms with Crippen LogP contribution in [0.2, 0.25) is 0 Å². The van der Waals surface area contributed by atoms with Crippen LogP contribution in [0.1, 0.15) is 0 Å². The van der Waals surface area contributed by atoms with Crippen LogP contribution in [-0.2, 0) is 0 Å². The molecule has 1 aromatic heterocycles. The predicted octanol–water partition coefficient (Wildman–Crippen LogP) is 5.11. The van der Waals surface area contributed by atoms with E-state index in [-0.39, 0.29) is 0 Å². The van der Waals surface area contributed by atoms with Crippen LogP contribution in [0.5, 0.6) is 0 Å². The fraction of sp³-hybridized carbons (Fsp3) is 0. The molecule has 4 nitrogen and oxygen atoms in total. The number of para-hydroxylation sites is 2. The molecule has 0 aliphatic heterocycles. The highest BCUT2D eigenvalue weighted by Crippen LogP contribution is 2.25. The molecule has 26 heavy (non-hydrogen) atoms. The molecule has 0 saturated heterocycles. The Hall–Kier alpha value is -3.31. The van der Waals surface area contributed by atoms with Gasteiger partial charge in [0.25, 0.3) is 0 Å². The van der Waals surface area contributed by atoms with Crippen LogP contribution in [-0.4, -0.2) is 15.1 Å². The lowest BCUT2D eigenvalue weighted by Gasteiger charge is -2.13. The van der Waals surface area contributed by atoms with Gasteiger partial charge in [0, 0.05) is 16.6 Å². The summed E-state index contributed by atoms with van der Waals surface area (Å²) in [4.78, 5) is 9.39. The monoisotopic (exact) mass is 356 g/mol. The summed E-state index contributed by atoms with van der Waals surface area (Å²) < 4.78 is 0. The quantitative estimate of drug-likeness (QED) is 0.500. The molecule has 0 saturated carbocycles. The molecule has 2 N–H and O–H groups in total. The Bertz CT molecular complexity index is 1050. The molecule has 0 aliphatic carbocycles. The number of hydrogen-bond donors (Lipinski definition) is 2. The van der Waals surface area contributed by atoms with E-state index < -0.39 is 0 Å². The zero-order valence-corrected chi connectivity index (χ0v) is 14.7. The summed E-state index contributed by atoms with van der Waals surface area (Å²) in [5, 5.41) is 7.79. The molecule has 4 rings (SSSR count). The van der Waals surface area contributed by atoms with E-state index >= 15 is 0 Å². The van der Waals surface area contributed by atoms with Gasteiger partial charge in [-0.2, -0.15) is 0 Å². The van der Waals surface area contributed by atoms with E-state index in [9.17, 15) is 0 Å². The first-order chi connectivity index (χ1) is 12.8. The van der Waals surface area contributed by atoms with Crippen LogP contribution in [0.3, 0.4) is 0 Å². The van der Waals surface area contributed by atoms with E-state index in [0.717, 1.165) is 22.2 Å². The summed E-state index contributed by atoms with van der Waals surface area (Å²) in [5.41, 5.74) is 2.75. The maximum atomic E-state index is 5.46. The minimum Gasteiger partial charge on any atom is -0.332 e. The lowest BCUT2D eigenvalue weighted by Crippen LogP contribution is -2.20. The summed E-state index contributed by atoms with van der Waals surface area (Å²) in [7, 11) is 0. The molecule has 5 heteroatoms. The SMILES string of the molecule is S=C(Nc1ccccc1)Nc1nc(-c2ccccc2)nc2ccccc12. The number of anilines is 2. The number of rotatable bonds is 3. The van der Waals surface area contributed by atoms with Crippen molar-refractivity contribution in [1.82, 2.24) is 9.97 Å². The predicted molar refractivity (Wildman–Crippen MR) is 111 cm³/mol. The maximum Gasteiger partial charge on any atom is 0.176 e. The first kappa shape index (κ1) is 16.2. The molecule has 0 aliphatic rings. The van der Waals surface area contributed by atoms with Gasteiger partial charge in [-0.15, -0.1) is 0 Å². The largest absolute Gasteiger partial charge is 0.332 e. The minimum atomic E-state index is 0.485. The first-order valence-corrected chi connectivity index (χ1v) is 8.66. The molecular formula is C21H16N4S. The van der Waals surface area contributed by atoms with Crippen molar-refractivity contribution in [1.29, 1.82) is 0 Å². The van der Waals surface area contributed by atoms with Gasteiger partial charge in [-0.05, 0) is 36.5 Å². The van der Waals surface area contributed by atoms with Crippen molar-refractivity contribution in [2.24, 2.45) is 0 Å². The summed E-state index contributed by atoms with van der Waals surface area (Å²) in [6.45, 7) is 0. The molecule has 0 unspecified atom stereocenters. The number of nitrogens with zero attached hydrogens (tertiary/aromatic N) is 2. The number of thiocarbonyl (C=S) groups is 1. The normalized spacial score (nSPS) is 10.5. The Balaban J connectivity index is 1.70. The molecule has 0 fully saturated rings. The third kappa shape index (κ3) is 3.53. The Morgan fingerprint density at radius 2 is 1.35 bits per heavy atom. The van der Waals surface area contributed by atoms with Crippen molar-refractivity contribution in [2.45, 2.75) is 0 Å².